The van der Waals surface area contributed by atoms with Crippen LogP contribution in [0.15, 0.2) is 47.6 Å². The van der Waals surface area contributed by atoms with Crippen molar-refractivity contribution >= 4 is 16.0 Å². The van der Waals surface area contributed by atoms with Gasteiger partial charge in [-0.25, -0.2) is 8.42 Å². The van der Waals surface area contributed by atoms with Crippen molar-refractivity contribution in [1.29, 1.82) is 0 Å². The maximum Gasteiger partial charge on any atom is 0.309 e. The molecule has 144 valence electrons. The van der Waals surface area contributed by atoms with E-state index in [2.05, 4.69) is 11.1 Å². The van der Waals surface area contributed by atoms with E-state index in [4.69, 9.17) is 4.74 Å². The number of hydrogen-bond donors (Lipinski definition) is 0. The summed E-state index contributed by atoms with van der Waals surface area (Å²) in [5.74, 6) is -0.524. The standard InChI is InChI=1S/C20H24N2O4S/c1-15-10-16(2)12-17(11-15)14-26-20(23)18-5-8-22(9-6-18)27(24,25)19-4-3-7-21-13-19/h3-4,7,10-13,18H,5-6,8-9,14H2,1-2H3. The van der Waals surface area contributed by atoms with Crippen LogP contribution in [0.25, 0.3) is 0 Å². The van der Waals surface area contributed by atoms with Crippen LogP contribution in [0.3, 0.4) is 0 Å². The number of nitrogens with zero attached hydrogens (tertiary/aromatic N) is 2. The Kier molecular flexibility index (Phi) is 5.92. The van der Waals surface area contributed by atoms with Crippen molar-refractivity contribution in [3.63, 3.8) is 0 Å². The highest BCUT2D eigenvalue weighted by atomic mass is 32.2. The van der Waals surface area contributed by atoms with Gasteiger partial charge in [0, 0.05) is 25.5 Å². The summed E-state index contributed by atoms with van der Waals surface area (Å²) in [5, 5.41) is 0. The van der Waals surface area contributed by atoms with Crippen LogP contribution < -0.4 is 0 Å². The van der Waals surface area contributed by atoms with Crippen molar-refractivity contribution in [1.82, 2.24) is 9.29 Å². The van der Waals surface area contributed by atoms with E-state index in [9.17, 15) is 13.2 Å². The molecule has 1 fully saturated rings. The summed E-state index contributed by atoms with van der Waals surface area (Å²) in [6.45, 7) is 4.88. The van der Waals surface area contributed by atoms with E-state index in [0.717, 1.165) is 16.7 Å². The predicted molar refractivity (Wildman–Crippen MR) is 101 cm³/mol. The Morgan fingerprint density at radius 2 is 1.85 bits per heavy atom. The van der Waals surface area contributed by atoms with Crippen LogP contribution in [-0.4, -0.2) is 36.8 Å². The van der Waals surface area contributed by atoms with Crippen LogP contribution in [0.1, 0.15) is 29.5 Å². The minimum atomic E-state index is -3.56. The molecule has 1 aliphatic heterocycles. The third kappa shape index (κ3) is 4.73. The van der Waals surface area contributed by atoms with Crippen molar-refractivity contribution in [3.8, 4) is 0 Å². The molecule has 6 nitrogen and oxygen atoms in total. The number of aromatic nitrogens is 1. The number of aryl methyl sites for hydroxylation is 2. The summed E-state index contributed by atoms with van der Waals surface area (Å²) in [6, 6.07) is 9.22. The summed E-state index contributed by atoms with van der Waals surface area (Å²) < 4.78 is 32.1. The van der Waals surface area contributed by atoms with Crippen molar-refractivity contribution in [3.05, 3.63) is 59.4 Å². The molecule has 0 N–H and O–H groups in total. The zero-order valence-electron chi connectivity index (χ0n) is 15.6. The van der Waals surface area contributed by atoms with Gasteiger partial charge in [0.2, 0.25) is 10.0 Å². The molecule has 27 heavy (non-hydrogen) atoms. The van der Waals surface area contributed by atoms with Crippen LogP contribution in [0.5, 0.6) is 0 Å². The summed E-state index contributed by atoms with van der Waals surface area (Å²) in [6.07, 6.45) is 3.81. The van der Waals surface area contributed by atoms with Crippen LogP contribution >= 0.6 is 0 Å². The fraction of sp³-hybridized carbons (Fsp3) is 0.400. The van der Waals surface area contributed by atoms with E-state index in [1.807, 2.05) is 26.0 Å². The molecule has 1 saturated heterocycles. The van der Waals surface area contributed by atoms with Gasteiger partial charge in [-0.15, -0.1) is 0 Å². The summed E-state index contributed by atoms with van der Waals surface area (Å²) in [7, 11) is -3.56. The number of piperidine rings is 1. The number of pyridine rings is 1. The van der Waals surface area contributed by atoms with Crippen LogP contribution in [0.2, 0.25) is 0 Å². The number of hydrogen-bond acceptors (Lipinski definition) is 5. The fourth-order valence-corrected chi connectivity index (χ4v) is 4.84. The molecule has 0 spiro atoms. The average Bonchev–Trinajstić information content (AvgIpc) is 2.66. The molecule has 0 amide bonds. The van der Waals surface area contributed by atoms with E-state index >= 15 is 0 Å². The first-order chi connectivity index (χ1) is 12.9. The molecule has 7 heteroatoms. The largest absolute Gasteiger partial charge is 0.461 e. The van der Waals surface area contributed by atoms with Gasteiger partial charge in [-0.1, -0.05) is 29.3 Å². The molecule has 0 radical (unpaired) electrons. The normalized spacial score (nSPS) is 16.2. The Bertz CT molecular complexity index is 885. The summed E-state index contributed by atoms with van der Waals surface area (Å²) >= 11 is 0. The van der Waals surface area contributed by atoms with Gasteiger partial charge in [0.1, 0.15) is 11.5 Å². The molecule has 0 atom stereocenters. The molecule has 0 bridgehead atoms. The smallest absolute Gasteiger partial charge is 0.309 e. The number of benzene rings is 1. The molecule has 0 unspecified atom stereocenters. The quantitative estimate of drug-likeness (QED) is 0.736. The highest BCUT2D eigenvalue weighted by molar-refractivity contribution is 7.89. The molecular weight excluding hydrogens is 364 g/mol. The predicted octanol–water partition coefficient (Wildman–Crippen LogP) is 2.84. The lowest BCUT2D eigenvalue weighted by Crippen LogP contribution is -2.40. The van der Waals surface area contributed by atoms with E-state index in [1.54, 1.807) is 6.07 Å². The molecule has 1 aromatic heterocycles. The van der Waals surface area contributed by atoms with Gasteiger partial charge in [0.15, 0.2) is 0 Å². The first-order valence-electron chi connectivity index (χ1n) is 9.00. The van der Waals surface area contributed by atoms with Gasteiger partial charge in [-0.2, -0.15) is 4.31 Å². The lowest BCUT2D eigenvalue weighted by molar-refractivity contribution is -0.151. The average molecular weight is 388 g/mol. The lowest BCUT2D eigenvalue weighted by atomic mass is 9.98. The number of carbonyl (C=O) groups is 1. The van der Waals surface area contributed by atoms with Crippen LogP contribution in [-0.2, 0) is 26.2 Å². The highest BCUT2D eigenvalue weighted by Crippen LogP contribution is 2.24. The molecular formula is C20H24N2O4S. The second-order valence-electron chi connectivity index (χ2n) is 6.97. The summed E-state index contributed by atoms with van der Waals surface area (Å²) in [5.41, 5.74) is 3.24. The number of carbonyl (C=O) groups excluding carboxylic acids is 1. The second kappa shape index (κ2) is 8.19. The Hall–Kier alpha value is -2.25. The van der Waals surface area contributed by atoms with Crippen molar-refractivity contribution in [2.24, 2.45) is 5.92 Å². The Morgan fingerprint density at radius 1 is 1.19 bits per heavy atom. The molecule has 0 aliphatic carbocycles. The number of esters is 1. The number of sulfonamides is 1. The molecule has 0 saturated carbocycles. The van der Waals surface area contributed by atoms with Crippen molar-refractivity contribution in [2.75, 3.05) is 13.1 Å². The van der Waals surface area contributed by atoms with Gasteiger partial charge in [-0.3, -0.25) is 9.78 Å². The monoisotopic (exact) mass is 388 g/mol. The van der Waals surface area contributed by atoms with E-state index in [1.165, 1.54) is 22.8 Å². The van der Waals surface area contributed by atoms with Crippen LogP contribution in [0.4, 0.5) is 0 Å². The molecule has 2 aromatic rings. The van der Waals surface area contributed by atoms with Gasteiger partial charge in [0.05, 0.1) is 5.92 Å². The molecule has 3 rings (SSSR count). The Labute approximate surface area is 160 Å². The van der Waals surface area contributed by atoms with Gasteiger partial charge < -0.3 is 4.74 Å². The Balaban J connectivity index is 1.55. The zero-order valence-corrected chi connectivity index (χ0v) is 16.4. The van der Waals surface area contributed by atoms with Crippen molar-refractivity contribution in [2.45, 2.75) is 38.2 Å². The molecule has 1 aliphatic rings. The van der Waals surface area contributed by atoms with Crippen LogP contribution in [0, 0.1) is 19.8 Å². The fourth-order valence-electron chi connectivity index (χ4n) is 3.41. The van der Waals surface area contributed by atoms with E-state index < -0.39 is 10.0 Å². The number of rotatable bonds is 5. The Morgan fingerprint density at radius 3 is 2.44 bits per heavy atom. The maximum atomic E-state index is 12.6. The highest BCUT2D eigenvalue weighted by Gasteiger charge is 2.32. The molecule has 2 heterocycles. The van der Waals surface area contributed by atoms with Crippen molar-refractivity contribution < 1.29 is 17.9 Å². The second-order valence-corrected chi connectivity index (χ2v) is 8.91. The maximum absolute atomic E-state index is 12.6. The van der Waals surface area contributed by atoms with Gasteiger partial charge in [-0.05, 0) is 44.4 Å². The van der Waals surface area contributed by atoms with Gasteiger partial charge in [0.25, 0.3) is 0 Å². The van der Waals surface area contributed by atoms with E-state index in [-0.39, 0.29) is 23.4 Å². The minimum absolute atomic E-state index is 0.181. The molecule has 1 aromatic carbocycles. The minimum Gasteiger partial charge on any atom is -0.461 e. The number of ether oxygens (including phenoxy) is 1. The third-order valence-electron chi connectivity index (χ3n) is 4.72. The third-order valence-corrected chi connectivity index (χ3v) is 6.60. The zero-order chi connectivity index (χ0) is 19.4. The SMILES string of the molecule is Cc1cc(C)cc(COC(=O)C2CCN(S(=O)(=O)c3cccnc3)CC2)c1. The summed E-state index contributed by atoms with van der Waals surface area (Å²) in [4.78, 5) is 16.4. The lowest BCUT2D eigenvalue weighted by Gasteiger charge is -2.30. The topological polar surface area (TPSA) is 76.6 Å². The van der Waals surface area contributed by atoms with Gasteiger partial charge >= 0.3 is 5.97 Å². The first kappa shape index (κ1) is 19.5. The van der Waals surface area contributed by atoms with E-state index in [0.29, 0.717) is 25.9 Å². The first-order valence-corrected chi connectivity index (χ1v) is 10.4.